The summed E-state index contributed by atoms with van der Waals surface area (Å²) >= 11 is 0. The van der Waals surface area contributed by atoms with E-state index in [4.69, 9.17) is 9.72 Å². The van der Waals surface area contributed by atoms with Crippen LogP contribution in [0.5, 0.6) is 0 Å². The topological polar surface area (TPSA) is 118 Å². The van der Waals surface area contributed by atoms with Crippen LogP contribution in [-0.4, -0.2) is 34.9 Å². The van der Waals surface area contributed by atoms with Gasteiger partial charge in [0.2, 0.25) is 0 Å². The Morgan fingerprint density at radius 2 is 1.68 bits per heavy atom. The van der Waals surface area contributed by atoms with Gasteiger partial charge in [0.15, 0.2) is 0 Å². The second kappa shape index (κ2) is 9.97. The van der Waals surface area contributed by atoms with Crippen molar-refractivity contribution < 1.29 is 17.9 Å². The molecule has 0 atom stereocenters. The molecule has 6 rings (SSSR count). The lowest BCUT2D eigenvalue weighted by Gasteiger charge is -2.10. The van der Waals surface area contributed by atoms with E-state index in [1.807, 2.05) is 19.1 Å². The standard InChI is InChI=1S/C31H23N5O4S/c1-20-7-14-24(15-8-20)41(38,39)36-19-26(25-5-3-4-6-27(25)36)29-30(33-23-12-9-21(17-32)10-13-23)35-18-22(31(37)40-2)11-16-28(35)34-29/h3-16,18-19,33H,1-2H3. The number of para-hydroxylation sites is 1. The van der Waals surface area contributed by atoms with E-state index in [2.05, 4.69) is 11.4 Å². The third kappa shape index (κ3) is 4.48. The Balaban J connectivity index is 1.60. The van der Waals surface area contributed by atoms with Crippen molar-refractivity contribution in [3.05, 3.63) is 114 Å². The molecule has 202 valence electrons. The number of carbonyl (C=O) groups is 1. The third-order valence-corrected chi connectivity index (χ3v) is 8.52. The van der Waals surface area contributed by atoms with Crippen molar-refractivity contribution in [3.8, 4) is 17.3 Å². The van der Waals surface area contributed by atoms with E-state index >= 15 is 0 Å². The van der Waals surface area contributed by atoms with Crippen molar-refractivity contribution in [2.24, 2.45) is 0 Å². The summed E-state index contributed by atoms with van der Waals surface area (Å²) in [4.78, 5) is 17.4. The van der Waals surface area contributed by atoms with E-state index in [0.29, 0.717) is 50.4 Å². The number of benzene rings is 3. The first-order valence-corrected chi connectivity index (χ1v) is 14.0. The molecule has 3 aromatic carbocycles. The number of esters is 1. The zero-order valence-corrected chi connectivity index (χ0v) is 22.9. The van der Waals surface area contributed by atoms with Crippen LogP contribution in [0.25, 0.3) is 27.8 Å². The minimum Gasteiger partial charge on any atom is -0.465 e. The van der Waals surface area contributed by atoms with Crippen molar-refractivity contribution in [3.63, 3.8) is 0 Å². The smallest absolute Gasteiger partial charge is 0.339 e. The Labute approximate surface area is 235 Å². The average Bonchev–Trinajstić information content (AvgIpc) is 3.56. The average molecular weight is 562 g/mol. The van der Waals surface area contributed by atoms with E-state index in [0.717, 1.165) is 5.56 Å². The molecule has 0 unspecified atom stereocenters. The van der Waals surface area contributed by atoms with E-state index in [9.17, 15) is 18.5 Å². The van der Waals surface area contributed by atoms with Gasteiger partial charge < -0.3 is 10.1 Å². The van der Waals surface area contributed by atoms with Crippen LogP contribution < -0.4 is 5.32 Å². The van der Waals surface area contributed by atoms with Gasteiger partial charge >= 0.3 is 5.97 Å². The van der Waals surface area contributed by atoms with E-state index in [1.165, 1.54) is 11.1 Å². The number of aromatic nitrogens is 3. The number of nitriles is 1. The summed E-state index contributed by atoms with van der Waals surface area (Å²) in [5, 5.41) is 13.3. The molecule has 0 fully saturated rings. The van der Waals surface area contributed by atoms with Crippen LogP contribution in [-0.2, 0) is 14.8 Å². The highest BCUT2D eigenvalue weighted by Gasteiger charge is 2.25. The number of rotatable bonds is 6. The number of anilines is 2. The molecular formula is C31H23N5O4S. The molecule has 0 saturated carbocycles. The summed E-state index contributed by atoms with van der Waals surface area (Å²) in [6.45, 7) is 1.90. The normalized spacial score (nSPS) is 11.4. The van der Waals surface area contributed by atoms with E-state index < -0.39 is 16.0 Å². The van der Waals surface area contributed by atoms with Gasteiger partial charge in [-0.15, -0.1) is 0 Å². The number of imidazole rings is 1. The van der Waals surface area contributed by atoms with Gasteiger partial charge in [-0.05, 0) is 61.5 Å². The summed E-state index contributed by atoms with van der Waals surface area (Å²) in [6.07, 6.45) is 3.19. The van der Waals surface area contributed by atoms with Gasteiger partial charge in [-0.1, -0.05) is 35.9 Å². The monoisotopic (exact) mass is 561 g/mol. The van der Waals surface area contributed by atoms with Crippen molar-refractivity contribution >= 4 is 44.0 Å². The maximum Gasteiger partial charge on any atom is 0.339 e. The Morgan fingerprint density at radius 3 is 2.39 bits per heavy atom. The minimum absolute atomic E-state index is 0.170. The molecule has 3 heterocycles. The summed E-state index contributed by atoms with van der Waals surface area (Å²) in [7, 11) is -2.62. The van der Waals surface area contributed by atoms with E-state index in [1.54, 1.807) is 89.6 Å². The molecule has 0 spiro atoms. The molecule has 0 aliphatic rings. The van der Waals surface area contributed by atoms with Gasteiger partial charge in [0, 0.05) is 29.0 Å². The number of nitrogens with one attached hydrogen (secondary N) is 1. The SMILES string of the molecule is COC(=O)c1ccc2nc(-c3cn(S(=O)(=O)c4ccc(C)cc4)c4ccccc34)c(Nc3ccc(C#N)cc3)n2c1. The van der Waals surface area contributed by atoms with Gasteiger partial charge in [-0.3, -0.25) is 4.40 Å². The highest BCUT2D eigenvalue weighted by molar-refractivity contribution is 7.90. The van der Waals surface area contributed by atoms with Gasteiger partial charge in [0.05, 0.1) is 34.7 Å². The number of methoxy groups -OCH3 is 1. The summed E-state index contributed by atoms with van der Waals surface area (Å²) in [5.74, 6) is -0.00151. The zero-order valence-electron chi connectivity index (χ0n) is 22.1. The van der Waals surface area contributed by atoms with Crippen LogP contribution >= 0.6 is 0 Å². The largest absolute Gasteiger partial charge is 0.465 e. The summed E-state index contributed by atoms with van der Waals surface area (Å²) in [5.41, 5.74) is 4.54. The third-order valence-electron chi connectivity index (χ3n) is 6.83. The molecule has 9 nitrogen and oxygen atoms in total. The Bertz CT molecular complexity index is 2100. The number of carbonyl (C=O) groups excluding carboxylic acids is 1. The summed E-state index contributed by atoms with van der Waals surface area (Å²) in [6, 6.07) is 26.3. The molecule has 0 saturated heterocycles. The number of hydrogen-bond acceptors (Lipinski definition) is 7. The van der Waals surface area contributed by atoms with Crippen LogP contribution in [0.1, 0.15) is 21.5 Å². The van der Waals surface area contributed by atoms with Crippen molar-refractivity contribution in [1.82, 2.24) is 13.4 Å². The molecule has 1 N–H and O–H groups in total. The lowest BCUT2D eigenvalue weighted by Crippen LogP contribution is -2.11. The predicted octanol–water partition coefficient (Wildman–Crippen LogP) is 5.90. The molecule has 0 aliphatic carbocycles. The molecule has 0 amide bonds. The van der Waals surface area contributed by atoms with Gasteiger partial charge in [-0.25, -0.2) is 22.2 Å². The number of ether oxygens (including phenoxy) is 1. The maximum absolute atomic E-state index is 13.8. The first kappa shape index (κ1) is 25.9. The summed E-state index contributed by atoms with van der Waals surface area (Å²) < 4.78 is 35.5. The number of nitrogens with zero attached hydrogens (tertiary/aromatic N) is 4. The van der Waals surface area contributed by atoms with Gasteiger partial charge in [-0.2, -0.15) is 5.26 Å². The molecule has 0 radical (unpaired) electrons. The van der Waals surface area contributed by atoms with Crippen LogP contribution in [0.2, 0.25) is 0 Å². The maximum atomic E-state index is 13.8. The number of pyridine rings is 1. The molecule has 10 heteroatoms. The van der Waals surface area contributed by atoms with Crippen molar-refractivity contribution in [1.29, 1.82) is 5.26 Å². The first-order chi connectivity index (χ1) is 19.8. The number of hydrogen-bond donors (Lipinski definition) is 1. The fraction of sp³-hybridized carbons (Fsp3) is 0.0645. The first-order valence-electron chi connectivity index (χ1n) is 12.6. The van der Waals surface area contributed by atoms with Crippen molar-refractivity contribution in [2.75, 3.05) is 12.4 Å². The van der Waals surface area contributed by atoms with Crippen LogP contribution in [0.3, 0.4) is 0 Å². The van der Waals surface area contributed by atoms with E-state index in [-0.39, 0.29) is 4.90 Å². The molecule has 3 aromatic heterocycles. The molecule has 6 aromatic rings. The predicted molar refractivity (Wildman–Crippen MR) is 156 cm³/mol. The lowest BCUT2D eigenvalue weighted by molar-refractivity contribution is 0.0600. The highest BCUT2D eigenvalue weighted by Crippen LogP contribution is 2.38. The molecule has 0 bridgehead atoms. The molecular weight excluding hydrogens is 538 g/mol. The Hall–Kier alpha value is -5.40. The number of fused-ring (bicyclic) bond motifs is 2. The Morgan fingerprint density at radius 1 is 0.951 bits per heavy atom. The van der Waals surface area contributed by atoms with Crippen molar-refractivity contribution in [2.45, 2.75) is 11.8 Å². The highest BCUT2D eigenvalue weighted by atomic mass is 32.2. The zero-order chi connectivity index (χ0) is 28.7. The quantitative estimate of drug-likeness (QED) is 0.251. The minimum atomic E-state index is -3.93. The second-order valence-electron chi connectivity index (χ2n) is 9.43. The van der Waals surface area contributed by atoms with Crippen LogP contribution in [0.4, 0.5) is 11.5 Å². The Kier molecular flexibility index (Phi) is 6.29. The van der Waals surface area contributed by atoms with Gasteiger partial charge in [0.25, 0.3) is 10.0 Å². The lowest BCUT2D eigenvalue weighted by atomic mass is 10.1. The van der Waals surface area contributed by atoms with Crippen LogP contribution in [0, 0.1) is 18.3 Å². The molecule has 41 heavy (non-hydrogen) atoms. The molecule has 0 aliphatic heterocycles. The van der Waals surface area contributed by atoms with Crippen LogP contribution in [0.15, 0.2) is 102 Å². The second-order valence-corrected chi connectivity index (χ2v) is 11.2. The van der Waals surface area contributed by atoms with Gasteiger partial charge in [0.1, 0.15) is 17.2 Å². The fourth-order valence-electron chi connectivity index (χ4n) is 4.72. The number of aryl methyl sites for hydroxylation is 1. The fourth-order valence-corrected chi connectivity index (χ4v) is 6.09.